The summed E-state index contributed by atoms with van der Waals surface area (Å²) in [7, 11) is 0. The van der Waals surface area contributed by atoms with E-state index in [1.54, 1.807) is 0 Å². The van der Waals surface area contributed by atoms with Crippen molar-refractivity contribution >= 4 is 59.7 Å². The van der Waals surface area contributed by atoms with Gasteiger partial charge in [0.05, 0.1) is 23.7 Å². The van der Waals surface area contributed by atoms with Gasteiger partial charge in [0.1, 0.15) is 64.1 Å². The summed E-state index contributed by atoms with van der Waals surface area (Å²) in [6.07, 6.45) is 81.4. The zero-order chi connectivity index (χ0) is 103. The fraction of sp³-hybridized carbons (Fsp3) is 0.917. The number of hydrogen-bond donors (Lipinski definition) is 0. The fourth-order valence-electron chi connectivity index (χ4n) is 18.4. The fourth-order valence-corrected chi connectivity index (χ4v) is 18.4. The highest BCUT2D eigenvalue weighted by molar-refractivity contribution is 5.78. The van der Waals surface area contributed by atoms with E-state index in [4.69, 9.17) is 47.4 Å². The average Bonchev–Trinajstić information content (AvgIpc) is 0.864. The number of esters is 10. The van der Waals surface area contributed by atoms with E-state index in [1.165, 1.54) is 154 Å². The van der Waals surface area contributed by atoms with Crippen LogP contribution in [0.15, 0.2) is 0 Å². The second-order valence-corrected chi connectivity index (χ2v) is 42.1. The molecule has 0 aliphatic carbocycles. The van der Waals surface area contributed by atoms with Crippen molar-refractivity contribution in [3.05, 3.63) is 0 Å². The van der Waals surface area contributed by atoms with E-state index in [1.807, 2.05) is 13.8 Å². The van der Waals surface area contributed by atoms with Crippen molar-refractivity contribution in [3.8, 4) is 0 Å². The van der Waals surface area contributed by atoms with Gasteiger partial charge in [-0.3, -0.25) is 47.9 Å². The molecule has 0 aromatic rings. The second kappa shape index (κ2) is 101. The van der Waals surface area contributed by atoms with Gasteiger partial charge in [0.25, 0.3) is 0 Å². The Morgan fingerprint density at radius 1 is 0.143 bits per heavy atom. The van der Waals surface area contributed by atoms with Crippen molar-refractivity contribution in [1.82, 2.24) is 0 Å². The number of carbonyl (C=O) groups excluding carboxylic acids is 10. The third kappa shape index (κ3) is 88.0. The molecule has 20 nitrogen and oxygen atoms in total. The van der Waals surface area contributed by atoms with Crippen molar-refractivity contribution in [3.63, 3.8) is 0 Å². The van der Waals surface area contributed by atoms with Gasteiger partial charge in [-0.05, 0) is 167 Å². The van der Waals surface area contributed by atoms with Crippen LogP contribution in [0.3, 0.4) is 0 Å². The molecule has 0 saturated carbocycles. The molecule has 0 spiro atoms. The third-order valence-corrected chi connectivity index (χ3v) is 28.5. The Balaban J connectivity index is 6.50. The lowest BCUT2D eigenvalue weighted by atomic mass is 9.87. The first-order valence-electron chi connectivity index (χ1n) is 60.0. The van der Waals surface area contributed by atoms with E-state index >= 15 is 0 Å². The van der Waals surface area contributed by atoms with Gasteiger partial charge >= 0.3 is 59.7 Å². The molecule has 4 atom stereocenters. The third-order valence-electron chi connectivity index (χ3n) is 28.5. The van der Waals surface area contributed by atoms with Crippen LogP contribution in [0.2, 0.25) is 0 Å². The molecule has 0 bridgehead atoms. The summed E-state index contributed by atoms with van der Waals surface area (Å²) >= 11 is 0. The molecule has 140 heavy (non-hydrogen) atoms. The molecule has 0 saturated heterocycles. The summed E-state index contributed by atoms with van der Waals surface area (Å²) in [6, 6.07) is 0. The van der Waals surface area contributed by atoms with Gasteiger partial charge in [-0.15, -0.1) is 0 Å². The summed E-state index contributed by atoms with van der Waals surface area (Å²) in [4.78, 5) is 134. The monoisotopic (exact) mass is 1980 g/mol. The standard InChI is InChI=1S/C120H222O20/c1-11-21-29-37-41-53-65-81-105(137-115(127)93-77-49-33-25-15-5)85-69-57-45-61-73-89-109(121)131-99-119(19-9,100-132-110(122)90-74-62-46-58-70-86-106(82-66-54-42-38-30-22-12-2)138-116(128)94-78-50-34-26-16-6)103-135-113(125)97-98-114(126)136-104-120(20-10,101-133-111(123)91-75-63-47-59-71-87-107(83-67-55-43-39-31-23-13-3)139-117(129)95-79-51-35-27-17-7)102-134-112(124)92-76-64-48-60-72-88-108(84-68-56-44-40-32-24-14-4)140-118(130)96-80-52-36-28-18-8/h105-108H,11-104H2,1-10H3. The Kier molecular flexibility index (Phi) is 97.1. The highest BCUT2D eigenvalue weighted by Gasteiger charge is 2.37. The lowest BCUT2D eigenvalue weighted by Crippen LogP contribution is -2.39. The van der Waals surface area contributed by atoms with E-state index in [0.29, 0.717) is 64.2 Å². The molecule has 0 rings (SSSR count). The highest BCUT2D eigenvalue weighted by Crippen LogP contribution is 2.31. The number of unbranched alkanes of at least 4 members (excludes halogenated alkanes) is 56. The normalized spacial score (nSPS) is 13.2. The zero-order valence-corrected chi connectivity index (χ0v) is 92.9. The molecule has 20 heteroatoms. The van der Waals surface area contributed by atoms with Crippen molar-refractivity contribution in [1.29, 1.82) is 0 Å². The van der Waals surface area contributed by atoms with Gasteiger partial charge in [0.15, 0.2) is 0 Å². The summed E-state index contributed by atoms with van der Waals surface area (Å²) < 4.78 is 60.2. The number of hydrogen-bond acceptors (Lipinski definition) is 20. The van der Waals surface area contributed by atoms with Gasteiger partial charge in [-0.1, -0.05) is 403 Å². The smallest absolute Gasteiger partial charge is 0.306 e. The molecule has 0 N–H and O–H groups in total. The Hall–Kier alpha value is -5.30. The molecule has 0 fully saturated rings. The van der Waals surface area contributed by atoms with Crippen LogP contribution in [0, 0.1) is 10.8 Å². The molecular weight excluding hydrogens is 1760 g/mol. The average molecular weight is 1990 g/mol. The van der Waals surface area contributed by atoms with E-state index in [0.717, 1.165) is 308 Å². The molecule has 822 valence electrons. The predicted molar refractivity (Wildman–Crippen MR) is 573 cm³/mol. The molecule has 0 aromatic carbocycles. The second-order valence-electron chi connectivity index (χ2n) is 42.1. The van der Waals surface area contributed by atoms with Crippen LogP contribution in [0.1, 0.15) is 634 Å². The predicted octanol–water partition coefficient (Wildman–Crippen LogP) is 34.4. The first kappa shape index (κ1) is 135. The van der Waals surface area contributed by atoms with Crippen LogP contribution in [0.5, 0.6) is 0 Å². The van der Waals surface area contributed by atoms with Crippen molar-refractivity contribution in [2.75, 3.05) is 39.6 Å². The lowest BCUT2D eigenvalue weighted by Gasteiger charge is -2.31. The topological polar surface area (TPSA) is 263 Å². The summed E-state index contributed by atoms with van der Waals surface area (Å²) in [6.45, 7) is 20.2. The molecule has 4 unspecified atom stereocenters. The number of rotatable bonds is 109. The molecule has 0 aliphatic rings. The minimum absolute atomic E-state index is 0.0757. The molecule has 0 amide bonds. The van der Waals surface area contributed by atoms with Crippen LogP contribution in [-0.4, -0.2) is 124 Å². The molecular formula is C120H222O20. The van der Waals surface area contributed by atoms with Gasteiger partial charge in [0.2, 0.25) is 0 Å². The van der Waals surface area contributed by atoms with Crippen LogP contribution in [0.25, 0.3) is 0 Å². The van der Waals surface area contributed by atoms with Crippen LogP contribution in [0.4, 0.5) is 0 Å². The summed E-state index contributed by atoms with van der Waals surface area (Å²) in [5.74, 6) is -3.38. The van der Waals surface area contributed by atoms with Crippen molar-refractivity contribution in [2.24, 2.45) is 10.8 Å². The maximum Gasteiger partial charge on any atom is 0.306 e. The Morgan fingerprint density at radius 2 is 0.257 bits per heavy atom. The maximum atomic E-state index is 13.9. The van der Waals surface area contributed by atoms with Gasteiger partial charge < -0.3 is 47.4 Å². The first-order valence-corrected chi connectivity index (χ1v) is 60.0. The molecule has 0 aliphatic heterocycles. The van der Waals surface area contributed by atoms with E-state index in [2.05, 4.69) is 55.4 Å². The SMILES string of the molecule is CCCCCCCCCC(CCCCCCCC(=O)OCC(CC)(COC(=O)CCCCCCCC(CCCCCCCCC)OC(=O)CCCCCCC)COC(=O)CCC(=O)OCC(CC)(COC(=O)CCCCCCCC(CCCCCCCCC)OC(=O)CCCCCCC)COC(=O)CCCCCCCC(CCCCCCCCC)OC(=O)CCCCCCC)OC(=O)CCCCCCC. The Labute approximate surface area is 859 Å². The summed E-state index contributed by atoms with van der Waals surface area (Å²) in [5, 5.41) is 0. The van der Waals surface area contributed by atoms with Gasteiger partial charge in [-0.25, -0.2) is 0 Å². The van der Waals surface area contributed by atoms with Crippen molar-refractivity contribution in [2.45, 2.75) is 659 Å². The first-order chi connectivity index (χ1) is 68.2. The van der Waals surface area contributed by atoms with Gasteiger partial charge in [0, 0.05) is 51.4 Å². The molecule has 0 heterocycles. The molecule has 0 radical (unpaired) electrons. The van der Waals surface area contributed by atoms with E-state index in [9.17, 15) is 47.9 Å². The molecule has 0 aromatic heterocycles. The lowest BCUT2D eigenvalue weighted by molar-refractivity contribution is -0.167. The highest BCUT2D eigenvalue weighted by atomic mass is 16.6. The largest absolute Gasteiger partial charge is 0.465 e. The Bertz CT molecular complexity index is 2530. The Morgan fingerprint density at radius 3 is 0.393 bits per heavy atom. The van der Waals surface area contributed by atoms with E-state index in [-0.39, 0.29) is 126 Å². The minimum atomic E-state index is -1.10. The zero-order valence-electron chi connectivity index (χ0n) is 92.9. The van der Waals surface area contributed by atoms with Crippen LogP contribution in [-0.2, 0) is 95.3 Å². The van der Waals surface area contributed by atoms with E-state index < -0.39 is 46.6 Å². The van der Waals surface area contributed by atoms with Crippen LogP contribution >= 0.6 is 0 Å². The maximum absolute atomic E-state index is 13.9. The van der Waals surface area contributed by atoms with Crippen molar-refractivity contribution < 1.29 is 95.3 Å². The minimum Gasteiger partial charge on any atom is -0.465 e. The van der Waals surface area contributed by atoms with Crippen LogP contribution < -0.4 is 0 Å². The van der Waals surface area contributed by atoms with Gasteiger partial charge in [-0.2, -0.15) is 0 Å². The number of ether oxygens (including phenoxy) is 10. The summed E-state index contributed by atoms with van der Waals surface area (Å²) in [5.41, 5.74) is -2.20. The number of carbonyl (C=O) groups is 10. The quantitative estimate of drug-likeness (QED) is 0.0311.